The van der Waals surface area contributed by atoms with Gasteiger partial charge in [0.2, 0.25) is 5.91 Å². The van der Waals surface area contributed by atoms with E-state index < -0.39 is 0 Å². The van der Waals surface area contributed by atoms with Crippen LogP contribution in [0.25, 0.3) is 0 Å². The molecule has 1 aromatic carbocycles. The molecule has 0 unspecified atom stereocenters. The molecule has 1 heterocycles. The van der Waals surface area contributed by atoms with Gasteiger partial charge >= 0.3 is 0 Å². The zero-order valence-electron chi connectivity index (χ0n) is 13.1. The highest BCUT2D eigenvalue weighted by molar-refractivity contribution is 6.30. The Morgan fingerprint density at radius 1 is 1.09 bits per heavy atom. The summed E-state index contributed by atoms with van der Waals surface area (Å²) in [5, 5.41) is 0.772. The Bertz CT molecular complexity index is 506. The molecule has 0 aromatic heterocycles. The lowest BCUT2D eigenvalue weighted by Crippen LogP contribution is -2.49. The van der Waals surface area contributed by atoms with Gasteiger partial charge in [-0.15, -0.1) is 0 Å². The summed E-state index contributed by atoms with van der Waals surface area (Å²) >= 11 is 6.06. The van der Waals surface area contributed by atoms with E-state index in [1.54, 1.807) is 0 Å². The first kappa shape index (κ1) is 15.7. The van der Waals surface area contributed by atoms with Gasteiger partial charge in [0.05, 0.1) is 0 Å². The van der Waals surface area contributed by atoms with Crippen molar-refractivity contribution >= 4 is 23.2 Å². The average Bonchev–Trinajstić information content (AvgIpc) is 2.56. The fraction of sp³-hybridized carbons (Fsp3) is 0.611. The topological polar surface area (TPSA) is 23.6 Å². The summed E-state index contributed by atoms with van der Waals surface area (Å²) in [5.74, 6) is 0.991. The summed E-state index contributed by atoms with van der Waals surface area (Å²) in [6, 6.07) is 7.97. The van der Waals surface area contributed by atoms with Crippen molar-refractivity contribution in [1.29, 1.82) is 0 Å². The number of halogens is 1. The fourth-order valence-electron chi connectivity index (χ4n) is 3.65. The number of anilines is 1. The molecule has 2 aliphatic rings. The lowest BCUT2D eigenvalue weighted by atomic mass is 9.86. The number of piperazine rings is 1. The van der Waals surface area contributed by atoms with E-state index in [4.69, 9.17) is 11.6 Å². The van der Waals surface area contributed by atoms with E-state index >= 15 is 0 Å². The number of carbonyl (C=O) groups excluding carboxylic acids is 1. The van der Waals surface area contributed by atoms with Crippen LogP contribution in [0.5, 0.6) is 0 Å². The number of nitrogens with zero attached hydrogens (tertiary/aromatic N) is 2. The summed E-state index contributed by atoms with van der Waals surface area (Å²) in [5.41, 5.74) is 1.16. The van der Waals surface area contributed by atoms with E-state index in [0.717, 1.165) is 43.3 Å². The number of amides is 1. The van der Waals surface area contributed by atoms with Crippen molar-refractivity contribution in [3.8, 4) is 0 Å². The van der Waals surface area contributed by atoms with Gasteiger partial charge in [0.25, 0.3) is 0 Å². The third-order valence-electron chi connectivity index (χ3n) is 4.99. The van der Waals surface area contributed by atoms with Crippen LogP contribution in [-0.4, -0.2) is 37.0 Å². The summed E-state index contributed by atoms with van der Waals surface area (Å²) in [7, 11) is 0. The van der Waals surface area contributed by atoms with E-state index in [-0.39, 0.29) is 0 Å². The first-order valence-electron chi connectivity index (χ1n) is 8.50. The molecule has 0 bridgehead atoms. The van der Waals surface area contributed by atoms with Gasteiger partial charge in [0.1, 0.15) is 0 Å². The van der Waals surface area contributed by atoms with Crippen LogP contribution < -0.4 is 4.90 Å². The molecular weight excluding hydrogens is 296 g/mol. The van der Waals surface area contributed by atoms with Gasteiger partial charge in [-0.25, -0.2) is 0 Å². The second-order valence-electron chi connectivity index (χ2n) is 6.56. The van der Waals surface area contributed by atoms with Gasteiger partial charge in [-0.2, -0.15) is 0 Å². The van der Waals surface area contributed by atoms with Gasteiger partial charge < -0.3 is 9.80 Å². The molecule has 1 aromatic rings. The first-order chi connectivity index (χ1) is 10.7. The molecule has 1 amide bonds. The molecule has 1 saturated carbocycles. The predicted octanol–water partition coefficient (Wildman–Crippen LogP) is 3.96. The van der Waals surface area contributed by atoms with Crippen molar-refractivity contribution in [2.45, 2.75) is 38.5 Å². The quantitative estimate of drug-likeness (QED) is 0.841. The van der Waals surface area contributed by atoms with Crippen LogP contribution in [-0.2, 0) is 4.79 Å². The maximum atomic E-state index is 12.4. The number of hydrogen-bond donors (Lipinski definition) is 0. The highest BCUT2D eigenvalue weighted by Gasteiger charge is 2.24. The molecule has 4 heteroatoms. The van der Waals surface area contributed by atoms with Crippen molar-refractivity contribution in [2.75, 3.05) is 31.1 Å². The third kappa shape index (κ3) is 3.95. The largest absolute Gasteiger partial charge is 0.368 e. The van der Waals surface area contributed by atoms with Gasteiger partial charge in [0.15, 0.2) is 0 Å². The molecule has 120 valence electrons. The van der Waals surface area contributed by atoms with Crippen LogP contribution in [0.4, 0.5) is 5.69 Å². The molecule has 3 rings (SSSR count). The average molecular weight is 321 g/mol. The molecule has 1 aliphatic heterocycles. The minimum Gasteiger partial charge on any atom is -0.368 e. The molecule has 0 atom stereocenters. The van der Waals surface area contributed by atoms with Gasteiger partial charge in [-0.1, -0.05) is 36.9 Å². The Morgan fingerprint density at radius 2 is 1.82 bits per heavy atom. The van der Waals surface area contributed by atoms with Crippen LogP contribution in [0.1, 0.15) is 38.5 Å². The lowest BCUT2D eigenvalue weighted by molar-refractivity contribution is -0.132. The molecule has 22 heavy (non-hydrogen) atoms. The number of benzene rings is 1. The van der Waals surface area contributed by atoms with Crippen molar-refractivity contribution in [3.63, 3.8) is 0 Å². The van der Waals surface area contributed by atoms with Gasteiger partial charge in [0, 0.05) is 43.3 Å². The van der Waals surface area contributed by atoms with E-state index in [0.29, 0.717) is 11.8 Å². The smallest absolute Gasteiger partial charge is 0.222 e. The normalized spacial score (nSPS) is 20.2. The third-order valence-corrected chi connectivity index (χ3v) is 5.23. The van der Waals surface area contributed by atoms with Crippen LogP contribution >= 0.6 is 11.6 Å². The highest BCUT2D eigenvalue weighted by atomic mass is 35.5. The minimum absolute atomic E-state index is 0.359. The maximum absolute atomic E-state index is 12.4. The molecule has 0 spiro atoms. The zero-order valence-corrected chi connectivity index (χ0v) is 13.9. The Morgan fingerprint density at radius 3 is 2.50 bits per heavy atom. The van der Waals surface area contributed by atoms with E-state index in [1.165, 1.54) is 32.1 Å². The second-order valence-corrected chi connectivity index (χ2v) is 6.99. The van der Waals surface area contributed by atoms with Crippen molar-refractivity contribution in [1.82, 2.24) is 4.90 Å². The van der Waals surface area contributed by atoms with Crippen molar-refractivity contribution in [3.05, 3.63) is 29.3 Å². The molecule has 2 fully saturated rings. The zero-order chi connectivity index (χ0) is 15.4. The number of hydrogen-bond acceptors (Lipinski definition) is 2. The number of carbonyl (C=O) groups is 1. The van der Waals surface area contributed by atoms with E-state index in [1.807, 2.05) is 18.2 Å². The van der Waals surface area contributed by atoms with Gasteiger partial charge in [-0.3, -0.25) is 4.79 Å². The standard InChI is InChI=1S/C18H25ClN2O/c19-16-7-4-8-17(14-16)20-9-11-21(12-10-20)18(22)13-15-5-2-1-3-6-15/h4,7-8,14-15H,1-3,5-6,9-13H2. The van der Waals surface area contributed by atoms with Gasteiger partial charge in [-0.05, 0) is 37.0 Å². The van der Waals surface area contributed by atoms with Crippen LogP contribution in [0.3, 0.4) is 0 Å². The number of rotatable bonds is 3. The summed E-state index contributed by atoms with van der Waals surface area (Å²) in [6.07, 6.45) is 7.21. The van der Waals surface area contributed by atoms with Crippen LogP contribution in [0, 0.1) is 5.92 Å². The maximum Gasteiger partial charge on any atom is 0.222 e. The summed E-state index contributed by atoms with van der Waals surface area (Å²) in [4.78, 5) is 16.8. The molecule has 1 saturated heterocycles. The monoisotopic (exact) mass is 320 g/mol. The van der Waals surface area contributed by atoms with Crippen LogP contribution in [0.15, 0.2) is 24.3 Å². The highest BCUT2D eigenvalue weighted by Crippen LogP contribution is 2.27. The Balaban J connectivity index is 1.49. The Labute approximate surface area is 138 Å². The summed E-state index contributed by atoms with van der Waals surface area (Å²) in [6.45, 7) is 3.46. The van der Waals surface area contributed by atoms with E-state index in [9.17, 15) is 4.79 Å². The first-order valence-corrected chi connectivity index (χ1v) is 8.88. The van der Waals surface area contributed by atoms with Crippen molar-refractivity contribution in [2.24, 2.45) is 5.92 Å². The predicted molar refractivity (Wildman–Crippen MR) is 91.4 cm³/mol. The molecule has 0 N–H and O–H groups in total. The molecular formula is C18H25ClN2O. The molecule has 1 aliphatic carbocycles. The SMILES string of the molecule is O=C(CC1CCCCC1)N1CCN(c2cccc(Cl)c2)CC1. The Kier molecular flexibility index (Phi) is 5.24. The molecule has 0 radical (unpaired) electrons. The van der Waals surface area contributed by atoms with E-state index in [2.05, 4.69) is 15.9 Å². The summed E-state index contributed by atoms with van der Waals surface area (Å²) < 4.78 is 0. The minimum atomic E-state index is 0.359. The second kappa shape index (κ2) is 7.36. The lowest BCUT2D eigenvalue weighted by Gasteiger charge is -2.37. The fourth-order valence-corrected chi connectivity index (χ4v) is 3.84. The Hall–Kier alpha value is -1.22. The van der Waals surface area contributed by atoms with Crippen molar-refractivity contribution < 1.29 is 4.79 Å². The van der Waals surface area contributed by atoms with Crippen LogP contribution in [0.2, 0.25) is 5.02 Å². The molecule has 3 nitrogen and oxygen atoms in total.